The Balaban J connectivity index is 2.25. The lowest BCUT2D eigenvalue weighted by molar-refractivity contribution is -0.145. The summed E-state index contributed by atoms with van der Waals surface area (Å²) in [7, 11) is 2.96. The summed E-state index contributed by atoms with van der Waals surface area (Å²) in [6.07, 6.45) is 1.42. The van der Waals surface area contributed by atoms with Crippen LogP contribution in [0.25, 0.3) is 11.1 Å². The first-order chi connectivity index (χ1) is 13.6. The predicted octanol–water partition coefficient (Wildman–Crippen LogP) is 0.793. The van der Waals surface area contributed by atoms with E-state index in [2.05, 4.69) is 10.4 Å². The molecule has 1 atom stereocenters. The van der Waals surface area contributed by atoms with Crippen LogP contribution in [0.5, 0.6) is 5.75 Å². The molecule has 29 heavy (non-hydrogen) atoms. The first kappa shape index (κ1) is 21.8. The fourth-order valence-electron chi connectivity index (χ4n) is 2.68. The molecule has 0 aliphatic rings. The van der Waals surface area contributed by atoms with Crippen LogP contribution in [0.2, 0.25) is 0 Å². The van der Waals surface area contributed by atoms with Crippen LogP contribution in [0.4, 0.5) is 0 Å². The highest BCUT2D eigenvalue weighted by molar-refractivity contribution is 6.37. The highest BCUT2D eigenvalue weighted by Gasteiger charge is 2.25. The minimum atomic E-state index is -1.25. The maximum absolute atomic E-state index is 12.4. The molecule has 0 bridgehead atoms. The van der Waals surface area contributed by atoms with Crippen molar-refractivity contribution in [2.45, 2.75) is 26.3 Å². The third-order valence-corrected chi connectivity index (χ3v) is 4.36. The standard InChI is InChI=1S/C20H23N3O6/c1-11(2)17(24)18(25)22-14(20(27)28)9-12-5-7-13(8-6-12)16-15(29-4)10-21-23(3)19(16)26/h5-8,10-11,14H,9H2,1-4H3,(H,22,25)(H,27,28)/t14-/m0/s1. The Morgan fingerprint density at radius 2 is 1.83 bits per heavy atom. The number of nitrogens with zero attached hydrogens (tertiary/aromatic N) is 2. The van der Waals surface area contributed by atoms with Crippen molar-refractivity contribution in [2.75, 3.05) is 7.11 Å². The van der Waals surface area contributed by atoms with Gasteiger partial charge in [-0.05, 0) is 11.1 Å². The van der Waals surface area contributed by atoms with Crippen LogP contribution < -0.4 is 15.6 Å². The predicted molar refractivity (Wildman–Crippen MR) is 105 cm³/mol. The molecule has 154 valence electrons. The molecule has 0 radical (unpaired) electrons. The SMILES string of the molecule is COc1cnn(C)c(=O)c1-c1ccc(C[C@H](NC(=O)C(=O)C(C)C)C(=O)O)cc1. The number of carbonyl (C=O) groups is 3. The molecule has 2 rings (SSSR count). The minimum absolute atomic E-state index is 0.0157. The molecule has 1 heterocycles. The number of hydrogen-bond donors (Lipinski definition) is 2. The van der Waals surface area contributed by atoms with Gasteiger partial charge < -0.3 is 15.2 Å². The number of methoxy groups -OCH3 is 1. The summed E-state index contributed by atoms with van der Waals surface area (Å²) in [5.74, 6) is -3.05. The average molecular weight is 401 g/mol. The van der Waals surface area contributed by atoms with E-state index in [0.717, 1.165) is 0 Å². The number of carboxylic acids is 1. The number of nitrogens with one attached hydrogen (secondary N) is 1. The van der Waals surface area contributed by atoms with Gasteiger partial charge in [-0.1, -0.05) is 38.1 Å². The average Bonchev–Trinajstić information content (AvgIpc) is 2.69. The summed E-state index contributed by atoms with van der Waals surface area (Å²) >= 11 is 0. The molecule has 0 aliphatic carbocycles. The van der Waals surface area contributed by atoms with E-state index in [-0.39, 0.29) is 12.0 Å². The van der Waals surface area contributed by atoms with E-state index in [4.69, 9.17) is 4.74 Å². The summed E-state index contributed by atoms with van der Waals surface area (Å²) in [6.45, 7) is 3.13. The highest BCUT2D eigenvalue weighted by Crippen LogP contribution is 2.25. The molecular formula is C20H23N3O6. The molecule has 1 aromatic heterocycles. The summed E-state index contributed by atoms with van der Waals surface area (Å²) in [5.41, 5.74) is 1.20. The van der Waals surface area contributed by atoms with E-state index < -0.39 is 29.6 Å². The highest BCUT2D eigenvalue weighted by atomic mass is 16.5. The minimum Gasteiger partial charge on any atom is -0.494 e. The van der Waals surface area contributed by atoms with Gasteiger partial charge in [-0.2, -0.15) is 5.10 Å². The van der Waals surface area contributed by atoms with Crippen molar-refractivity contribution in [3.05, 3.63) is 46.4 Å². The third-order valence-electron chi connectivity index (χ3n) is 4.36. The van der Waals surface area contributed by atoms with Crippen LogP contribution in [0, 0.1) is 5.92 Å². The molecule has 0 fully saturated rings. The number of hydrogen-bond acceptors (Lipinski definition) is 6. The number of carbonyl (C=O) groups excluding carboxylic acids is 2. The third kappa shape index (κ3) is 5.07. The van der Waals surface area contributed by atoms with E-state index in [1.54, 1.807) is 38.1 Å². The van der Waals surface area contributed by atoms with Crippen molar-refractivity contribution >= 4 is 17.7 Å². The fraction of sp³-hybridized carbons (Fsp3) is 0.350. The molecule has 2 aromatic rings. The second-order valence-corrected chi connectivity index (χ2v) is 6.80. The molecule has 1 aromatic carbocycles. The van der Waals surface area contributed by atoms with Crippen LogP contribution in [0.3, 0.4) is 0 Å². The zero-order valence-electron chi connectivity index (χ0n) is 16.6. The molecule has 1 amide bonds. The van der Waals surface area contributed by atoms with Gasteiger partial charge in [0.05, 0.1) is 18.9 Å². The van der Waals surface area contributed by atoms with Crippen LogP contribution in [-0.2, 0) is 27.9 Å². The van der Waals surface area contributed by atoms with Gasteiger partial charge in [-0.25, -0.2) is 9.48 Å². The van der Waals surface area contributed by atoms with Crippen molar-refractivity contribution in [1.82, 2.24) is 15.1 Å². The summed E-state index contributed by atoms with van der Waals surface area (Å²) in [4.78, 5) is 47.5. The quantitative estimate of drug-likeness (QED) is 0.626. The van der Waals surface area contributed by atoms with Gasteiger partial charge in [0.15, 0.2) is 5.75 Å². The number of amides is 1. The maximum atomic E-state index is 12.4. The maximum Gasteiger partial charge on any atom is 0.326 e. The van der Waals surface area contributed by atoms with E-state index in [0.29, 0.717) is 22.4 Å². The van der Waals surface area contributed by atoms with Crippen molar-refractivity contribution in [3.8, 4) is 16.9 Å². The lowest BCUT2D eigenvalue weighted by atomic mass is 10.0. The molecule has 0 aliphatic heterocycles. The zero-order chi connectivity index (χ0) is 21.7. The molecular weight excluding hydrogens is 378 g/mol. The molecule has 2 N–H and O–H groups in total. The van der Waals surface area contributed by atoms with Crippen LogP contribution in [-0.4, -0.2) is 45.7 Å². The van der Waals surface area contributed by atoms with Crippen LogP contribution in [0.1, 0.15) is 19.4 Å². The van der Waals surface area contributed by atoms with E-state index in [1.165, 1.54) is 25.0 Å². The lowest BCUT2D eigenvalue weighted by Crippen LogP contribution is -2.46. The summed E-state index contributed by atoms with van der Waals surface area (Å²) in [6, 6.07) is 5.38. The van der Waals surface area contributed by atoms with Gasteiger partial charge in [0.1, 0.15) is 6.04 Å². The largest absolute Gasteiger partial charge is 0.494 e. The lowest BCUT2D eigenvalue weighted by Gasteiger charge is -2.15. The molecule has 0 saturated heterocycles. The number of Topliss-reactive ketones (excluding diaryl/α,β-unsaturated/α-hetero) is 1. The Bertz CT molecular complexity index is 979. The van der Waals surface area contributed by atoms with Gasteiger partial charge in [0, 0.05) is 19.4 Å². The molecule has 0 saturated carbocycles. The molecule has 9 nitrogen and oxygen atoms in total. The second-order valence-electron chi connectivity index (χ2n) is 6.80. The molecule has 0 spiro atoms. The molecule has 0 unspecified atom stereocenters. The van der Waals surface area contributed by atoms with Crippen molar-refractivity contribution in [3.63, 3.8) is 0 Å². The van der Waals surface area contributed by atoms with E-state index in [9.17, 15) is 24.3 Å². The van der Waals surface area contributed by atoms with E-state index in [1.807, 2.05) is 0 Å². The van der Waals surface area contributed by atoms with Crippen LogP contribution in [0.15, 0.2) is 35.3 Å². The van der Waals surface area contributed by atoms with Crippen molar-refractivity contribution in [2.24, 2.45) is 13.0 Å². The van der Waals surface area contributed by atoms with E-state index >= 15 is 0 Å². The number of aryl methyl sites for hydroxylation is 1. The number of ether oxygens (including phenoxy) is 1. The Kier molecular flexibility index (Phi) is 6.87. The number of aliphatic carboxylic acids is 1. The van der Waals surface area contributed by atoms with Gasteiger partial charge in [0.25, 0.3) is 11.5 Å². The van der Waals surface area contributed by atoms with Crippen molar-refractivity contribution in [1.29, 1.82) is 0 Å². The topological polar surface area (TPSA) is 128 Å². The normalized spacial score (nSPS) is 11.8. The Morgan fingerprint density at radius 1 is 1.21 bits per heavy atom. The van der Waals surface area contributed by atoms with Gasteiger partial charge in [-0.3, -0.25) is 14.4 Å². The summed E-state index contributed by atoms with van der Waals surface area (Å²) < 4.78 is 6.40. The van der Waals surface area contributed by atoms with Crippen molar-refractivity contribution < 1.29 is 24.2 Å². The van der Waals surface area contributed by atoms with Gasteiger partial charge in [0.2, 0.25) is 5.78 Å². The van der Waals surface area contributed by atoms with Gasteiger partial charge in [-0.15, -0.1) is 0 Å². The number of carboxylic acid groups (broad SMARTS) is 1. The number of ketones is 1. The second kappa shape index (κ2) is 9.13. The number of rotatable bonds is 8. The zero-order valence-corrected chi connectivity index (χ0v) is 16.6. The Labute approximate surface area is 167 Å². The first-order valence-electron chi connectivity index (χ1n) is 8.92. The number of aromatic nitrogens is 2. The Hall–Kier alpha value is -3.49. The smallest absolute Gasteiger partial charge is 0.326 e. The fourth-order valence-corrected chi connectivity index (χ4v) is 2.68. The first-order valence-corrected chi connectivity index (χ1v) is 8.92. The van der Waals surface area contributed by atoms with Gasteiger partial charge >= 0.3 is 5.97 Å². The van der Waals surface area contributed by atoms with Crippen LogP contribution >= 0.6 is 0 Å². The Morgan fingerprint density at radius 3 is 2.34 bits per heavy atom. The molecule has 9 heteroatoms. The number of benzene rings is 1. The summed E-state index contributed by atoms with van der Waals surface area (Å²) in [5, 5.41) is 15.5. The monoisotopic (exact) mass is 401 g/mol.